The van der Waals surface area contributed by atoms with Gasteiger partial charge in [0.15, 0.2) is 0 Å². The Morgan fingerprint density at radius 2 is 2.04 bits per heavy atom. The number of nitrogens with one attached hydrogen (secondary N) is 1. The number of hydrogen-bond acceptors (Lipinski definition) is 3. The quantitative estimate of drug-likeness (QED) is 0.855. The highest BCUT2D eigenvalue weighted by Crippen LogP contribution is 2.19. The Morgan fingerprint density at radius 3 is 2.65 bits per heavy atom. The molecule has 0 saturated carbocycles. The highest BCUT2D eigenvalue weighted by Gasteiger charge is 2.19. The molecule has 0 saturated heterocycles. The lowest BCUT2D eigenvalue weighted by Crippen LogP contribution is -2.34. The van der Waals surface area contributed by atoms with Crippen molar-refractivity contribution in [3.05, 3.63) is 29.8 Å². The van der Waals surface area contributed by atoms with Crippen LogP contribution in [0, 0.1) is 11.7 Å². The fourth-order valence-corrected chi connectivity index (χ4v) is 2.16. The van der Waals surface area contributed by atoms with Gasteiger partial charge in [0.1, 0.15) is 11.3 Å². The second kappa shape index (κ2) is 9.05. The van der Waals surface area contributed by atoms with E-state index in [4.69, 9.17) is 5.73 Å². The van der Waals surface area contributed by atoms with E-state index in [0.717, 1.165) is 0 Å². The molecule has 0 fully saturated rings. The van der Waals surface area contributed by atoms with Gasteiger partial charge in [0.25, 0.3) is 5.91 Å². The molecular weight excluding hydrogens is 342 g/mol. The first kappa shape index (κ1) is 21.6. The zero-order chi connectivity index (χ0) is 15.6. The molecule has 1 amide bonds. The number of nitrogens with two attached hydrogens (primary N) is 1. The first-order chi connectivity index (χ1) is 9.90. The standard InChI is InChI=1S/C15H21FN4O.2ClH/c1-9(2)12(17)4-5-20(3)15(21)11-6-10(16)7-13-14(11)19-8-18-13;;/h6-9,12H,4-5,17H2,1-3H3,(H,18,19);2*1H. The van der Waals surface area contributed by atoms with Gasteiger partial charge in [-0.2, -0.15) is 0 Å². The maximum atomic E-state index is 13.6. The lowest BCUT2D eigenvalue weighted by Gasteiger charge is -2.21. The fraction of sp³-hybridized carbons (Fsp3) is 0.467. The Hall–Kier alpha value is -1.37. The van der Waals surface area contributed by atoms with Crippen molar-refractivity contribution in [3.8, 4) is 0 Å². The van der Waals surface area contributed by atoms with E-state index >= 15 is 0 Å². The average molecular weight is 365 g/mol. The monoisotopic (exact) mass is 364 g/mol. The van der Waals surface area contributed by atoms with Crippen LogP contribution in [0.3, 0.4) is 0 Å². The van der Waals surface area contributed by atoms with Crippen LogP contribution in [0.25, 0.3) is 11.0 Å². The molecule has 130 valence electrons. The molecule has 8 heteroatoms. The number of rotatable bonds is 5. The molecular formula is C15H23Cl2FN4O. The summed E-state index contributed by atoms with van der Waals surface area (Å²) in [6, 6.07) is 2.59. The van der Waals surface area contributed by atoms with Crippen molar-refractivity contribution in [1.29, 1.82) is 0 Å². The number of fused-ring (bicyclic) bond motifs is 1. The molecule has 0 aliphatic rings. The molecule has 0 aliphatic heterocycles. The third kappa shape index (κ3) is 5.06. The van der Waals surface area contributed by atoms with Crippen LogP contribution < -0.4 is 5.73 Å². The summed E-state index contributed by atoms with van der Waals surface area (Å²) in [4.78, 5) is 20.9. The molecule has 2 rings (SSSR count). The fourth-order valence-electron chi connectivity index (χ4n) is 2.16. The minimum absolute atomic E-state index is 0. The molecule has 1 aromatic heterocycles. The first-order valence-corrected chi connectivity index (χ1v) is 7.03. The number of carbonyl (C=O) groups excluding carboxylic acids is 1. The molecule has 1 heterocycles. The van der Waals surface area contributed by atoms with Crippen molar-refractivity contribution in [2.45, 2.75) is 26.3 Å². The van der Waals surface area contributed by atoms with Gasteiger partial charge in [-0.15, -0.1) is 24.8 Å². The SMILES string of the molecule is CC(C)C(N)CCN(C)C(=O)c1cc(F)cc2[nH]cnc12.Cl.Cl. The molecule has 23 heavy (non-hydrogen) atoms. The summed E-state index contributed by atoms with van der Waals surface area (Å²) in [6.45, 7) is 4.62. The van der Waals surface area contributed by atoms with E-state index < -0.39 is 5.82 Å². The molecule has 2 aromatic rings. The third-order valence-corrected chi connectivity index (χ3v) is 3.72. The van der Waals surface area contributed by atoms with Gasteiger partial charge >= 0.3 is 0 Å². The second-order valence-corrected chi connectivity index (χ2v) is 5.68. The molecule has 0 spiro atoms. The van der Waals surface area contributed by atoms with Gasteiger partial charge in [0.2, 0.25) is 0 Å². The summed E-state index contributed by atoms with van der Waals surface area (Å²) in [5.74, 6) is -0.342. The lowest BCUT2D eigenvalue weighted by molar-refractivity contribution is 0.0790. The van der Waals surface area contributed by atoms with Crippen molar-refractivity contribution in [1.82, 2.24) is 14.9 Å². The van der Waals surface area contributed by atoms with Crippen LogP contribution in [0.15, 0.2) is 18.5 Å². The van der Waals surface area contributed by atoms with Gasteiger partial charge in [0, 0.05) is 19.6 Å². The predicted octanol–water partition coefficient (Wildman–Crippen LogP) is 2.99. The second-order valence-electron chi connectivity index (χ2n) is 5.68. The maximum absolute atomic E-state index is 13.6. The summed E-state index contributed by atoms with van der Waals surface area (Å²) in [7, 11) is 1.69. The molecule has 1 atom stereocenters. The van der Waals surface area contributed by atoms with Crippen molar-refractivity contribution in [2.75, 3.05) is 13.6 Å². The minimum Gasteiger partial charge on any atom is -0.344 e. The molecule has 3 N–H and O–H groups in total. The Labute approximate surface area is 147 Å². The number of halogens is 3. The van der Waals surface area contributed by atoms with E-state index in [-0.39, 0.29) is 42.3 Å². The maximum Gasteiger partial charge on any atom is 0.255 e. The van der Waals surface area contributed by atoms with Gasteiger partial charge in [0.05, 0.1) is 17.4 Å². The van der Waals surface area contributed by atoms with Crippen molar-refractivity contribution >= 4 is 41.8 Å². The van der Waals surface area contributed by atoms with E-state index in [9.17, 15) is 9.18 Å². The van der Waals surface area contributed by atoms with E-state index in [1.54, 1.807) is 11.9 Å². The van der Waals surface area contributed by atoms with Crippen molar-refractivity contribution in [3.63, 3.8) is 0 Å². The van der Waals surface area contributed by atoms with Crippen molar-refractivity contribution < 1.29 is 9.18 Å². The molecule has 5 nitrogen and oxygen atoms in total. The first-order valence-electron chi connectivity index (χ1n) is 7.03. The van der Waals surface area contributed by atoms with Gasteiger partial charge in [-0.3, -0.25) is 4.79 Å². The summed E-state index contributed by atoms with van der Waals surface area (Å²) >= 11 is 0. The van der Waals surface area contributed by atoms with E-state index in [1.165, 1.54) is 18.5 Å². The number of carbonyl (C=O) groups is 1. The predicted molar refractivity (Wildman–Crippen MR) is 94.9 cm³/mol. The number of imidazole rings is 1. The number of nitrogens with zero attached hydrogens (tertiary/aromatic N) is 2. The summed E-state index contributed by atoms with van der Waals surface area (Å²) in [6.07, 6.45) is 2.16. The van der Waals surface area contributed by atoms with Gasteiger partial charge in [-0.05, 0) is 24.5 Å². The number of aromatic nitrogens is 2. The smallest absolute Gasteiger partial charge is 0.255 e. The number of benzene rings is 1. The van der Waals surface area contributed by atoms with E-state index in [2.05, 4.69) is 9.97 Å². The summed E-state index contributed by atoms with van der Waals surface area (Å²) in [5.41, 5.74) is 7.26. The molecule has 0 bridgehead atoms. The van der Waals surface area contributed by atoms with E-state index in [1.807, 2.05) is 13.8 Å². The number of amides is 1. The Balaban J connectivity index is 0.00000242. The Morgan fingerprint density at radius 1 is 1.39 bits per heavy atom. The zero-order valence-corrected chi connectivity index (χ0v) is 15.0. The van der Waals surface area contributed by atoms with Gasteiger partial charge in [-0.25, -0.2) is 9.37 Å². The lowest BCUT2D eigenvalue weighted by atomic mass is 10.0. The van der Waals surface area contributed by atoms with Crippen LogP contribution in [0.4, 0.5) is 4.39 Å². The van der Waals surface area contributed by atoms with Crippen LogP contribution in [0.2, 0.25) is 0 Å². The molecule has 1 aromatic carbocycles. The third-order valence-electron chi connectivity index (χ3n) is 3.72. The van der Waals surface area contributed by atoms with Crippen molar-refractivity contribution in [2.24, 2.45) is 11.7 Å². The zero-order valence-electron chi connectivity index (χ0n) is 13.4. The van der Waals surface area contributed by atoms with E-state index in [0.29, 0.717) is 29.9 Å². The van der Waals surface area contributed by atoms with Crippen LogP contribution >= 0.6 is 24.8 Å². The van der Waals surface area contributed by atoms with Gasteiger partial charge in [-0.1, -0.05) is 13.8 Å². The largest absolute Gasteiger partial charge is 0.344 e. The normalized spacial score (nSPS) is 11.7. The van der Waals surface area contributed by atoms with Crippen LogP contribution in [-0.2, 0) is 0 Å². The molecule has 0 radical (unpaired) electrons. The average Bonchev–Trinajstić information content (AvgIpc) is 2.90. The highest BCUT2D eigenvalue weighted by atomic mass is 35.5. The topological polar surface area (TPSA) is 75.0 Å². The summed E-state index contributed by atoms with van der Waals surface area (Å²) in [5, 5.41) is 0. The van der Waals surface area contributed by atoms with Crippen LogP contribution in [0.5, 0.6) is 0 Å². The highest BCUT2D eigenvalue weighted by molar-refractivity contribution is 6.04. The number of H-pyrrole nitrogens is 1. The van der Waals surface area contributed by atoms with Crippen LogP contribution in [0.1, 0.15) is 30.6 Å². The Bertz CT molecular complexity index is 647. The Kier molecular flexibility index (Phi) is 8.52. The molecule has 1 unspecified atom stereocenters. The molecule has 0 aliphatic carbocycles. The van der Waals surface area contributed by atoms with Gasteiger partial charge < -0.3 is 15.6 Å². The minimum atomic E-state index is -0.456. The van der Waals surface area contributed by atoms with Crippen LogP contribution in [-0.4, -0.2) is 40.4 Å². The number of aromatic amines is 1. The summed E-state index contributed by atoms with van der Waals surface area (Å²) < 4.78 is 13.6. The number of hydrogen-bond donors (Lipinski definition) is 2.